The second-order valence-electron chi connectivity index (χ2n) is 5.52. The molecule has 0 aromatic carbocycles. The molecule has 0 unspecified atom stereocenters. The highest BCUT2D eigenvalue weighted by molar-refractivity contribution is 7.18. The summed E-state index contributed by atoms with van der Waals surface area (Å²) in [7, 11) is 0. The number of aryl methyl sites for hydroxylation is 2. The summed E-state index contributed by atoms with van der Waals surface area (Å²) in [6, 6.07) is 4.49. The topological polar surface area (TPSA) is 50.7 Å². The number of pyridine rings is 1. The number of nitrogens with zero attached hydrogens (tertiary/aromatic N) is 3. The van der Waals surface area contributed by atoms with E-state index in [1.165, 1.54) is 28.7 Å². The Bertz CT molecular complexity index is 806. The Morgan fingerprint density at radius 1 is 1.24 bits per heavy atom. The van der Waals surface area contributed by atoms with Gasteiger partial charge in [-0.2, -0.15) is 0 Å². The molecule has 0 spiro atoms. The van der Waals surface area contributed by atoms with Gasteiger partial charge in [0.05, 0.1) is 5.39 Å². The first-order valence-electron chi connectivity index (χ1n) is 7.17. The monoisotopic (exact) mass is 296 g/mol. The fourth-order valence-corrected chi connectivity index (χ4v) is 3.43. The number of rotatable bonds is 3. The third kappa shape index (κ3) is 2.27. The molecular weight excluding hydrogens is 280 g/mol. The maximum absolute atomic E-state index is 4.77. The maximum Gasteiger partial charge on any atom is 0.164 e. The molecule has 4 rings (SSSR count). The van der Waals surface area contributed by atoms with E-state index in [9.17, 15) is 0 Å². The summed E-state index contributed by atoms with van der Waals surface area (Å²) in [4.78, 5) is 16.0. The van der Waals surface area contributed by atoms with Crippen LogP contribution in [0.5, 0.6) is 0 Å². The van der Waals surface area contributed by atoms with Gasteiger partial charge in [-0.05, 0) is 44.4 Å². The van der Waals surface area contributed by atoms with Crippen molar-refractivity contribution in [2.45, 2.75) is 32.7 Å². The van der Waals surface area contributed by atoms with Crippen molar-refractivity contribution in [1.82, 2.24) is 15.0 Å². The first-order valence-corrected chi connectivity index (χ1v) is 7.98. The number of hydrogen-bond acceptors (Lipinski definition) is 5. The molecule has 0 amide bonds. The Kier molecular flexibility index (Phi) is 2.89. The maximum atomic E-state index is 4.77. The minimum atomic E-state index is 0.574. The van der Waals surface area contributed by atoms with Crippen LogP contribution in [0.4, 0.5) is 5.82 Å². The van der Waals surface area contributed by atoms with Crippen LogP contribution in [-0.2, 0) is 0 Å². The number of anilines is 1. The van der Waals surface area contributed by atoms with Crippen LogP contribution in [0, 0.1) is 13.8 Å². The van der Waals surface area contributed by atoms with Gasteiger partial charge in [-0.15, -0.1) is 11.3 Å². The summed E-state index contributed by atoms with van der Waals surface area (Å²) in [5, 5.41) is 4.74. The molecule has 0 saturated heterocycles. The Morgan fingerprint density at radius 2 is 2.10 bits per heavy atom. The van der Waals surface area contributed by atoms with Gasteiger partial charge in [-0.1, -0.05) is 0 Å². The van der Waals surface area contributed by atoms with E-state index in [-0.39, 0.29) is 0 Å². The lowest BCUT2D eigenvalue weighted by Crippen LogP contribution is -2.05. The Balaban J connectivity index is 1.93. The van der Waals surface area contributed by atoms with Crippen LogP contribution in [0.25, 0.3) is 21.6 Å². The molecule has 5 heteroatoms. The van der Waals surface area contributed by atoms with Gasteiger partial charge in [0.15, 0.2) is 5.82 Å². The molecule has 0 radical (unpaired) electrons. The largest absolute Gasteiger partial charge is 0.367 e. The first kappa shape index (κ1) is 12.7. The van der Waals surface area contributed by atoms with Gasteiger partial charge in [-0.25, -0.2) is 9.97 Å². The number of nitrogens with one attached hydrogen (secondary N) is 1. The SMILES string of the molecule is Cc1sc2nc(-c3cccnc3)nc(NC3CC3)c2c1C. The molecule has 1 fully saturated rings. The fourth-order valence-electron chi connectivity index (χ4n) is 2.40. The van der Waals surface area contributed by atoms with Gasteiger partial charge in [0.25, 0.3) is 0 Å². The highest BCUT2D eigenvalue weighted by atomic mass is 32.1. The summed E-state index contributed by atoms with van der Waals surface area (Å²) < 4.78 is 0. The summed E-state index contributed by atoms with van der Waals surface area (Å²) in [6.45, 7) is 4.30. The van der Waals surface area contributed by atoms with Crippen molar-refractivity contribution < 1.29 is 0 Å². The lowest BCUT2D eigenvalue weighted by Gasteiger charge is -2.08. The molecule has 4 nitrogen and oxygen atoms in total. The zero-order valence-corrected chi connectivity index (χ0v) is 12.9. The van der Waals surface area contributed by atoms with Crippen molar-refractivity contribution >= 4 is 27.4 Å². The molecule has 3 heterocycles. The predicted molar refractivity (Wildman–Crippen MR) is 86.8 cm³/mol. The molecule has 0 atom stereocenters. The Hall–Kier alpha value is -2.01. The van der Waals surface area contributed by atoms with Crippen LogP contribution in [-0.4, -0.2) is 21.0 Å². The molecule has 1 aliphatic rings. The summed E-state index contributed by atoms with van der Waals surface area (Å²) in [5.41, 5.74) is 2.25. The minimum absolute atomic E-state index is 0.574. The van der Waals surface area contributed by atoms with Crippen LogP contribution in [0.2, 0.25) is 0 Å². The van der Waals surface area contributed by atoms with Gasteiger partial charge in [-0.3, -0.25) is 4.98 Å². The van der Waals surface area contributed by atoms with Crippen molar-refractivity contribution in [3.8, 4) is 11.4 Å². The average molecular weight is 296 g/mol. The van der Waals surface area contributed by atoms with Crippen LogP contribution in [0.3, 0.4) is 0 Å². The Labute approximate surface area is 127 Å². The van der Waals surface area contributed by atoms with E-state index >= 15 is 0 Å². The van der Waals surface area contributed by atoms with E-state index in [0.29, 0.717) is 6.04 Å². The number of aromatic nitrogens is 3. The van der Waals surface area contributed by atoms with Crippen LogP contribution in [0.15, 0.2) is 24.5 Å². The van der Waals surface area contributed by atoms with Gasteiger partial charge in [0.1, 0.15) is 10.6 Å². The standard InChI is InChI=1S/C16H16N4S/c1-9-10(2)21-16-13(9)15(18-12-5-6-12)19-14(20-16)11-4-3-7-17-8-11/h3-4,7-8,12H,5-6H2,1-2H3,(H,18,19,20). The van der Waals surface area contributed by atoms with Crippen molar-refractivity contribution in [2.75, 3.05) is 5.32 Å². The van der Waals surface area contributed by atoms with Gasteiger partial charge in [0, 0.05) is 28.9 Å². The quantitative estimate of drug-likeness (QED) is 0.795. The highest BCUT2D eigenvalue weighted by Crippen LogP contribution is 2.36. The molecule has 1 N–H and O–H groups in total. The molecule has 0 bridgehead atoms. The second-order valence-corrected chi connectivity index (χ2v) is 6.72. The third-order valence-electron chi connectivity index (χ3n) is 3.87. The normalized spacial score (nSPS) is 14.6. The predicted octanol–water partition coefficient (Wildman–Crippen LogP) is 3.94. The van der Waals surface area contributed by atoms with E-state index in [1.807, 2.05) is 18.3 Å². The van der Waals surface area contributed by atoms with Gasteiger partial charge >= 0.3 is 0 Å². The molecular formula is C16H16N4S. The van der Waals surface area contributed by atoms with Crippen LogP contribution >= 0.6 is 11.3 Å². The van der Waals surface area contributed by atoms with E-state index in [0.717, 1.165) is 22.0 Å². The zero-order valence-electron chi connectivity index (χ0n) is 12.1. The lowest BCUT2D eigenvalue weighted by atomic mass is 10.2. The van der Waals surface area contributed by atoms with E-state index < -0.39 is 0 Å². The second kappa shape index (κ2) is 4.77. The van der Waals surface area contributed by atoms with Crippen LogP contribution < -0.4 is 5.32 Å². The molecule has 1 saturated carbocycles. The van der Waals surface area contributed by atoms with Crippen LogP contribution in [0.1, 0.15) is 23.3 Å². The molecule has 0 aliphatic heterocycles. The van der Waals surface area contributed by atoms with E-state index in [1.54, 1.807) is 17.5 Å². The first-order chi connectivity index (χ1) is 10.2. The number of thiophene rings is 1. The molecule has 3 aromatic rings. The smallest absolute Gasteiger partial charge is 0.164 e. The Morgan fingerprint density at radius 3 is 2.81 bits per heavy atom. The fraction of sp³-hybridized carbons (Fsp3) is 0.312. The van der Waals surface area contributed by atoms with Crippen molar-refractivity contribution in [1.29, 1.82) is 0 Å². The molecule has 106 valence electrons. The van der Waals surface area contributed by atoms with Gasteiger partial charge in [0.2, 0.25) is 0 Å². The third-order valence-corrected chi connectivity index (χ3v) is 4.97. The molecule has 3 aromatic heterocycles. The van der Waals surface area contributed by atoms with Crippen molar-refractivity contribution in [2.24, 2.45) is 0 Å². The average Bonchev–Trinajstić information content (AvgIpc) is 3.26. The highest BCUT2D eigenvalue weighted by Gasteiger charge is 2.24. The molecule has 21 heavy (non-hydrogen) atoms. The summed E-state index contributed by atoms with van der Waals surface area (Å²) >= 11 is 1.74. The number of fused-ring (bicyclic) bond motifs is 1. The number of hydrogen-bond donors (Lipinski definition) is 1. The molecule has 1 aliphatic carbocycles. The minimum Gasteiger partial charge on any atom is -0.367 e. The van der Waals surface area contributed by atoms with Crippen molar-refractivity contribution in [3.63, 3.8) is 0 Å². The van der Waals surface area contributed by atoms with E-state index in [4.69, 9.17) is 9.97 Å². The van der Waals surface area contributed by atoms with Crippen molar-refractivity contribution in [3.05, 3.63) is 35.0 Å². The van der Waals surface area contributed by atoms with Gasteiger partial charge < -0.3 is 5.32 Å². The lowest BCUT2D eigenvalue weighted by molar-refractivity contribution is 1.11. The van der Waals surface area contributed by atoms with E-state index in [2.05, 4.69) is 24.1 Å². The summed E-state index contributed by atoms with van der Waals surface area (Å²) in [5.74, 6) is 1.73. The summed E-state index contributed by atoms with van der Waals surface area (Å²) in [6.07, 6.45) is 6.05. The zero-order chi connectivity index (χ0) is 14.4.